The fraction of sp³-hybridized carbons (Fsp3) is 0.118. The van der Waals surface area contributed by atoms with Gasteiger partial charge in [0.25, 0.3) is 5.91 Å². The van der Waals surface area contributed by atoms with Gasteiger partial charge in [0.05, 0.1) is 21.1 Å². The van der Waals surface area contributed by atoms with Crippen LogP contribution in [0.4, 0.5) is 5.13 Å². The smallest absolute Gasteiger partial charge is 0.270 e. The molecule has 0 atom stereocenters. The van der Waals surface area contributed by atoms with Gasteiger partial charge in [-0.25, -0.2) is 4.98 Å². The van der Waals surface area contributed by atoms with Crippen molar-refractivity contribution in [3.8, 4) is 0 Å². The lowest BCUT2D eigenvalue weighted by Crippen LogP contribution is -2.33. The molecule has 4 aromatic rings. The average Bonchev–Trinajstić information content (AvgIpc) is 3.36. The summed E-state index contributed by atoms with van der Waals surface area (Å²) in [7, 11) is 0. The van der Waals surface area contributed by atoms with Crippen LogP contribution in [0.2, 0.25) is 5.02 Å². The summed E-state index contributed by atoms with van der Waals surface area (Å²) in [5.41, 5.74) is 0.729. The molecule has 0 bridgehead atoms. The molecule has 0 fully saturated rings. The van der Waals surface area contributed by atoms with E-state index >= 15 is 0 Å². The largest absolute Gasteiger partial charge is 0.281 e. The van der Waals surface area contributed by atoms with E-state index in [-0.39, 0.29) is 5.91 Å². The van der Waals surface area contributed by atoms with E-state index in [1.54, 1.807) is 15.8 Å². The maximum absolute atomic E-state index is 13.0. The number of benzene rings is 1. The highest BCUT2D eigenvalue weighted by Gasteiger charge is 2.22. The number of amides is 1. The number of para-hydroxylation sites is 1. The highest BCUT2D eigenvalue weighted by atomic mass is 35.5. The van der Waals surface area contributed by atoms with E-state index in [9.17, 15) is 4.79 Å². The van der Waals surface area contributed by atoms with Crippen LogP contribution < -0.4 is 4.90 Å². The first-order valence-electron chi connectivity index (χ1n) is 7.60. The number of carbonyl (C=O) groups excluding carboxylic acids is 1. The third-order valence-corrected chi connectivity index (χ3v) is 5.88. The SMILES string of the molecule is O=C(c1cccs1)N(CCn1cccn1)c1nc2c(Cl)cccc2s1. The first kappa shape index (κ1) is 16.3. The molecule has 25 heavy (non-hydrogen) atoms. The Kier molecular flexibility index (Phi) is 4.52. The van der Waals surface area contributed by atoms with Crippen molar-refractivity contribution < 1.29 is 4.79 Å². The van der Waals surface area contributed by atoms with Gasteiger partial charge in [0.1, 0.15) is 5.52 Å². The lowest BCUT2D eigenvalue weighted by atomic mass is 10.3. The van der Waals surface area contributed by atoms with Crippen LogP contribution in [0.5, 0.6) is 0 Å². The van der Waals surface area contributed by atoms with Gasteiger partial charge in [0.2, 0.25) is 0 Å². The number of rotatable bonds is 5. The van der Waals surface area contributed by atoms with Gasteiger partial charge in [0.15, 0.2) is 5.13 Å². The van der Waals surface area contributed by atoms with Crippen LogP contribution in [-0.2, 0) is 6.54 Å². The molecule has 5 nitrogen and oxygen atoms in total. The second-order valence-corrected chi connectivity index (χ2v) is 7.65. The molecule has 0 spiro atoms. The molecule has 4 rings (SSSR count). The topological polar surface area (TPSA) is 51.0 Å². The van der Waals surface area contributed by atoms with Crippen LogP contribution in [0.3, 0.4) is 0 Å². The number of thiophene rings is 1. The standard InChI is InChI=1S/C17H13ClN4OS2/c18-12-4-1-5-13-15(12)20-17(25-13)22(10-9-21-8-3-7-19-21)16(23)14-6-2-11-24-14/h1-8,11H,9-10H2. The average molecular weight is 389 g/mol. The maximum Gasteiger partial charge on any atom is 0.270 e. The van der Waals surface area contributed by atoms with Crippen LogP contribution in [0.15, 0.2) is 54.2 Å². The number of aromatic nitrogens is 3. The number of hydrogen-bond donors (Lipinski definition) is 0. The number of carbonyl (C=O) groups is 1. The summed E-state index contributed by atoms with van der Waals surface area (Å²) in [4.78, 5) is 20.0. The quantitative estimate of drug-likeness (QED) is 0.503. The molecule has 126 valence electrons. The molecule has 3 heterocycles. The van der Waals surface area contributed by atoms with Crippen molar-refractivity contribution in [2.45, 2.75) is 6.54 Å². The van der Waals surface area contributed by atoms with Crippen LogP contribution >= 0.6 is 34.3 Å². The Hall–Kier alpha value is -2.22. The number of fused-ring (bicyclic) bond motifs is 1. The second-order valence-electron chi connectivity index (χ2n) is 5.29. The third-order valence-electron chi connectivity index (χ3n) is 3.68. The molecular formula is C17H13ClN4OS2. The molecule has 0 N–H and O–H groups in total. The molecule has 1 amide bonds. The monoisotopic (exact) mass is 388 g/mol. The van der Waals surface area contributed by atoms with E-state index in [1.807, 2.05) is 48.0 Å². The lowest BCUT2D eigenvalue weighted by molar-refractivity contribution is 0.0989. The predicted octanol–water partition coefficient (Wildman–Crippen LogP) is 4.55. The zero-order valence-electron chi connectivity index (χ0n) is 13.0. The van der Waals surface area contributed by atoms with Gasteiger partial charge >= 0.3 is 0 Å². The van der Waals surface area contributed by atoms with E-state index in [0.29, 0.717) is 28.1 Å². The van der Waals surface area contributed by atoms with Crippen LogP contribution in [0.1, 0.15) is 9.67 Å². The van der Waals surface area contributed by atoms with Gasteiger partial charge in [0, 0.05) is 18.9 Å². The second kappa shape index (κ2) is 6.95. The van der Waals surface area contributed by atoms with Crippen molar-refractivity contribution in [1.29, 1.82) is 0 Å². The van der Waals surface area contributed by atoms with E-state index < -0.39 is 0 Å². The van der Waals surface area contributed by atoms with Gasteiger partial charge in [-0.2, -0.15) is 5.10 Å². The van der Waals surface area contributed by atoms with Gasteiger partial charge in [-0.15, -0.1) is 11.3 Å². The van der Waals surface area contributed by atoms with Crippen LogP contribution in [0.25, 0.3) is 10.2 Å². The predicted molar refractivity (Wildman–Crippen MR) is 103 cm³/mol. The minimum Gasteiger partial charge on any atom is -0.281 e. The number of hydrogen-bond acceptors (Lipinski definition) is 5. The fourth-order valence-electron chi connectivity index (χ4n) is 2.47. The highest BCUT2D eigenvalue weighted by molar-refractivity contribution is 7.22. The Morgan fingerprint density at radius 1 is 1.24 bits per heavy atom. The third kappa shape index (κ3) is 3.30. The first-order chi connectivity index (χ1) is 12.2. The first-order valence-corrected chi connectivity index (χ1v) is 9.67. The zero-order valence-corrected chi connectivity index (χ0v) is 15.4. The van der Waals surface area contributed by atoms with Crippen molar-refractivity contribution in [3.05, 3.63) is 64.1 Å². The van der Waals surface area contributed by atoms with Crippen molar-refractivity contribution in [2.75, 3.05) is 11.4 Å². The van der Waals surface area contributed by atoms with E-state index in [2.05, 4.69) is 10.1 Å². The van der Waals surface area contributed by atoms with Crippen molar-refractivity contribution in [1.82, 2.24) is 14.8 Å². The molecule has 0 radical (unpaired) electrons. The van der Waals surface area contributed by atoms with E-state index in [4.69, 9.17) is 11.6 Å². The fourth-order valence-corrected chi connectivity index (χ4v) is 4.43. The number of nitrogens with zero attached hydrogens (tertiary/aromatic N) is 4. The molecule has 0 saturated carbocycles. The Morgan fingerprint density at radius 3 is 2.88 bits per heavy atom. The minimum absolute atomic E-state index is 0.0580. The van der Waals surface area contributed by atoms with Gasteiger partial charge in [-0.05, 0) is 29.6 Å². The number of halogens is 1. The maximum atomic E-state index is 13.0. The Balaban J connectivity index is 1.70. The van der Waals surface area contributed by atoms with Gasteiger partial charge < -0.3 is 0 Å². The summed E-state index contributed by atoms with van der Waals surface area (Å²) in [6.45, 7) is 1.07. The summed E-state index contributed by atoms with van der Waals surface area (Å²) in [5, 5.41) is 7.34. The summed E-state index contributed by atoms with van der Waals surface area (Å²) >= 11 is 9.13. The van der Waals surface area contributed by atoms with Gasteiger partial charge in [-0.3, -0.25) is 14.4 Å². The Labute approximate surface area is 157 Å². The molecule has 0 aliphatic heterocycles. The molecule has 8 heteroatoms. The molecular weight excluding hydrogens is 376 g/mol. The van der Waals surface area contributed by atoms with E-state index in [1.165, 1.54) is 22.7 Å². The molecule has 0 unspecified atom stereocenters. The van der Waals surface area contributed by atoms with Gasteiger partial charge in [-0.1, -0.05) is 35.1 Å². The highest BCUT2D eigenvalue weighted by Crippen LogP contribution is 2.33. The molecule has 0 saturated heterocycles. The summed E-state index contributed by atoms with van der Waals surface area (Å²) in [6, 6.07) is 11.2. The van der Waals surface area contributed by atoms with E-state index in [0.717, 1.165) is 10.2 Å². The van der Waals surface area contributed by atoms with Crippen molar-refractivity contribution in [2.24, 2.45) is 0 Å². The molecule has 0 aliphatic rings. The van der Waals surface area contributed by atoms with Crippen molar-refractivity contribution >= 4 is 55.5 Å². The summed E-state index contributed by atoms with van der Waals surface area (Å²) in [6.07, 6.45) is 3.60. The molecule has 0 aliphatic carbocycles. The Morgan fingerprint density at radius 2 is 2.16 bits per heavy atom. The molecule has 3 aromatic heterocycles. The summed E-state index contributed by atoms with van der Waals surface area (Å²) in [5.74, 6) is -0.0580. The number of anilines is 1. The normalized spacial score (nSPS) is 11.1. The minimum atomic E-state index is -0.0580. The summed E-state index contributed by atoms with van der Waals surface area (Å²) < 4.78 is 2.76. The van der Waals surface area contributed by atoms with Crippen molar-refractivity contribution in [3.63, 3.8) is 0 Å². The van der Waals surface area contributed by atoms with Crippen LogP contribution in [-0.4, -0.2) is 27.2 Å². The zero-order chi connectivity index (χ0) is 17.2. The van der Waals surface area contributed by atoms with Crippen LogP contribution in [0, 0.1) is 0 Å². The number of thiazole rings is 1. The Bertz CT molecular complexity index is 995. The lowest BCUT2D eigenvalue weighted by Gasteiger charge is -2.19. The molecule has 1 aromatic carbocycles.